The molecule has 0 bridgehead atoms. The summed E-state index contributed by atoms with van der Waals surface area (Å²) in [5, 5.41) is 13.4. The number of aliphatic hydroxyl groups excluding tert-OH is 1. The van der Waals surface area contributed by atoms with Crippen LogP contribution in [0.5, 0.6) is 11.5 Å². The molecule has 27 heavy (non-hydrogen) atoms. The van der Waals surface area contributed by atoms with Gasteiger partial charge in [-0.25, -0.2) is 0 Å². The van der Waals surface area contributed by atoms with Crippen molar-refractivity contribution in [3.8, 4) is 11.5 Å². The van der Waals surface area contributed by atoms with Crippen LogP contribution in [-0.4, -0.2) is 31.0 Å². The van der Waals surface area contributed by atoms with Crippen LogP contribution in [0.2, 0.25) is 0 Å². The molecular formula is C21H21NO5. The molecule has 1 amide bonds. The molecule has 1 aliphatic heterocycles. The third-order valence-corrected chi connectivity index (χ3v) is 4.65. The Morgan fingerprint density at radius 1 is 1.04 bits per heavy atom. The second-order valence-electron chi connectivity index (χ2n) is 6.16. The number of Topliss-reactive ketones (excluding diaryl/α,β-unsaturated/α-hetero) is 1. The van der Waals surface area contributed by atoms with E-state index in [2.05, 4.69) is 5.32 Å². The molecule has 0 saturated carbocycles. The zero-order chi connectivity index (χ0) is 19.6. The van der Waals surface area contributed by atoms with Gasteiger partial charge in [0.25, 0.3) is 11.7 Å². The summed E-state index contributed by atoms with van der Waals surface area (Å²) in [7, 11) is 2.99. The molecule has 0 aromatic heterocycles. The SMILES string of the molecule is CCc1ccc(C2NC(=O)C(=O)/C2=C(\O)c2ccc(OC)c(OC)c2)cc1. The number of ether oxygens (including phenoxy) is 2. The van der Waals surface area contributed by atoms with Crippen molar-refractivity contribution < 1.29 is 24.2 Å². The number of carbonyl (C=O) groups excluding carboxylic acids is 2. The first-order chi connectivity index (χ1) is 13.0. The zero-order valence-electron chi connectivity index (χ0n) is 15.4. The van der Waals surface area contributed by atoms with E-state index in [1.165, 1.54) is 14.2 Å². The molecule has 2 aromatic rings. The average Bonchev–Trinajstić information content (AvgIpc) is 3.01. The van der Waals surface area contributed by atoms with E-state index in [1.54, 1.807) is 18.2 Å². The van der Waals surface area contributed by atoms with Gasteiger partial charge in [0.15, 0.2) is 11.5 Å². The van der Waals surface area contributed by atoms with E-state index in [0.29, 0.717) is 17.1 Å². The molecule has 0 spiro atoms. The molecule has 0 radical (unpaired) electrons. The largest absolute Gasteiger partial charge is 0.507 e. The maximum atomic E-state index is 12.4. The number of benzene rings is 2. The van der Waals surface area contributed by atoms with E-state index >= 15 is 0 Å². The van der Waals surface area contributed by atoms with Gasteiger partial charge in [-0.05, 0) is 35.7 Å². The number of hydrogen-bond donors (Lipinski definition) is 2. The van der Waals surface area contributed by atoms with Gasteiger partial charge in [0.05, 0.1) is 25.8 Å². The first kappa shape index (κ1) is 18.5. The molecule has 1 saturated heterocycles. The van der Waals surface area contributed by atoms with Crippen molar-refractivity contribution in [2.75, 3.05) is 14.2 Å². The molecule has 1 atom stereocenters. The fourth-order valence-corrected chi connectivity index (χ4v) is 3.10. The van der Waals surface area contributed by atoms with Crippen molar-refractivity contribution in [3.05, 3.63) is 64.7 Å². The number of amides is 1. The highest BCUT2D eigenvalue weighted by molar-refractivity contribution is 6.46. The topological polar surface area (TPSA) is 84.9 Å². The normalized spacial score (nSPS) is 18.3. The third-order valence-electron chi connectivity index (χ3n) is 4.65. The predicted molar refractivity (Wildman–Crippen MR) is 101 cm³/mol. The van der Waals surface area contributed by atoms with E-state index in [1.807, 2.05) is 31.2 Å². The quantitative estimate of drug-likeness (QED) is 0.482. The summed E-state index contributed by atoms with van der Waals surface area (Å²) in [6.45, 7) is 2.05. The molecule has 1 aliphatic rings. The molecule has 0 aliphatic carbocycles. The summed E-state index contributed by atoms with van der Waals surface area (Å²) < 4.78 is 10.4. The summed E-state index contributed by atoms with van der Waals surface area (Å²) >= 11 is 0. The van der Waals surface area contributed by atoms with Crippen molar-refractivity contribution in [1.82, 2.24) is 5.32 Å². The first-order valence-corrected chi connectivity index (χ1v) is 8.59. The summed E-state index contributed by atoms with van der Waals surface area (Å²) in [4.78, 5) is 24.4. The molecule has 1 fully saturated rings. The van der Waals surface area contributed by atoms with Gasteiger partial charge in [0.1, 0.15) is 5.76 Å². The number of carbonyl (C=O) groups is 2. The lowest BCUT2D eigenvalue weighted by Gasteiger charge is -2.15. The Bertz CT molecular complexity index is 915. The Labute approximate surface area is 157 Å². The Morgan fingerprint density at radius 3 is 2.30 bits per heavy atom. The van der Waals surface area contributed by atoms with E-state index in [0.717, 1.165) is 17.5 Å². The molecule has 1 heterocycles. The molecule has 2 aromatic carbocycles. The van der Waals surface area contributed by atoms with Crippen LogP contribution < -0.4 is 14.8 Å². The number of nitrogens with one attached hydrogen (secondary N) is 1. The Morgan fingerprint density at radius 2 is 1.70 bits per heavy atom. The van der Waals surface area contributed by atoms with Gasteiger partial charge in [-0.3, -0.25) is 9.59 Å². The van der Waals surface area contributed by atoms with Gasteiger partial charge in [-0.1, -0.05) is 31.2 Å². The Balaban J connectivity index is 2.08. The summed E-state index contributed by atoms with van der Waals surface area (Å²) in [6, 6.07) is 11.7. The Kier molecular flexibility index (Phi) is 5.16. The van der Waals surface area contributed by atoms with Crippen LogP contribution in [-0.2, 0) is 16.0 Å². The fourth-order valence-electron chi connectivity index (χ4n) is 3.10. The summed E-state index contributed by atoms with van der Waals surface area (Å²) in [5.74, 6) is -0.828. The van der Waals surface area contributed by atoms with Crippen molar-refractivity contribution in [1.29, 1.82) is 0 Å². The van der Waals surface area contributed by atoms with E-state index in [-0.39, 0.29) is 11.3 Å². The standard InChI is InChI=1S/C21H21NO5/c1-4-12-5-7-13(8-6-12)18-17(20(24)21(25)22-18)19(23)14-9-10-15(26-2)16(11-14)27-3/h5-11,18,23H,4H2,1-3H3,(H,22,25)/b19-17-. The molecule has 3 rings (SSSR count). The zero-order valence-corrected chi connectivity index (χ0v) is 15.4. The Hall–Kier alpha value is -3.28. The van der Waals surface area contributed by atoms with E-state index in [9.17, 15) is 14.7 Å². The van der Waals surface area contributed by atoms with Crippen LogP contribution >= 0.6 is 0 Å². The van der Waals surface area contributed by atoms with Gasteiger partial charge in [0.2, 0.25) is 0 Å². The molecular weight excluding hydrogens is 346 g/mol. The number of hydrogen-bond acceptors (Lipinski definition) is 5. The van der Waals surface area contributed by atoms with Crippen molar-refractivity contribution >= 4 is 17.4 Å². The van der Waals surface area contributed by atoms with Crippen molar-refractivity contribution in [3.63, 3.8) is 0 Å². The van der Waals surface area contributed by atoms with Crippen LogP contribution in [0.15, 0.2) is 48.0 Å². The van der Waals surface area contributed by atoms with E-state index < -0.39 is 17.7 Å². The fraction of sp³-hybridized carbons (Fsp3) is 0.238. The number of rotatable bonds is 5. The average molecular weight is 367 g/mol. The maximum absolute atomic E-state index is 12.4. The molecule has 2 N–H and O–H groups in total. The number of aliphatic hydroxyl groups is 1. The summed E-state index contributed by atoms with van der Waals surface area (Å²) in [5.41, 5.74) is 2.26. The lowest BCUT2D eigenvalue weighted by molar-refractivity contribution is -0.133. The lowest BCUT2D eigenvalue weighted by Crippen LogP contribution is -2.21. The number of aryl methyl sites for hydroxylation is 1. The number of methoxy groups -OCH3 is 2. The predicted octanol–water partition coefficient (Wildman–Crippen LogP) is 2.98. The van der Waals surface area contributed by atoms with Crippen molar-refractivity contribution in [2.24, 2.45) is 0 Å². The highest BCUT2D eigenvalue weighted by atomic mass is 16.5. The van der Waals surface area contributed by atoms with Crippen LogP contribution in [0.1, 0.15) is 29.7 Å². The van der Waals surface area contributed by atoms with Crippen LogP contribution in [0, 0.1) is 0 Å². The first-order valence-electron chi connectivity index (χ1n) is 8.59. The van der Waals surface area contributed by atoms with Gasteiger partial charge < -0.3 is 19.9 Å². The van der Waals surface area contributed by atoms with Gasteiger partial charge >= 0.3 is 0 Å². The van der Waals surface area contributed by atoms with Crippen molar-refractivity contribution in [2.45, 2.75) is 19.4 Å². The second-order valence-corrected chi connectivity index (χ2v) is 6.16. The van der Waals surface area contributed by atoms with E-state index in [4.69, 9.17) is 9.47 Å². The lowest BCUT2D eigenvalue weighted by atomic mass is 9.95. The minimum Gasteiger partial charge on any atom is -0.507 e. The minimum atomic E-state index is -0.744. The smallest absolute Gasteiger partial charge is 0.293 e. The summed E-state index contributed by atoms with van der Waals surface area (Å²) in [6.07, 6.45) is 0.885. The third kappa shape index (κ3) is 3.38. The maximum Gasteiger partial charge on any atom is 0.293 e. The molecule has 6 heteroatoms. The molecule has 6 nitrogen and oxygen atoms in total. The van der Waals surface area contributed by atoms with Crippen LogP contribution in [0.4, 0.5) is 0 Å². The molecule has 140 valence electrons. The van der Waals surface area contributed by atoms with Gasteiger partial charge in [0, 0.05) is 5.56 Å². The van der Waals surface area contributed by atoms with Crippen LogP contribution in [0.3, 0.4) is 0 Å². The molecule has 1 unspecified atom stereocenters. The highest BCUT2D eigenvalue weighted by Crippen LogP contribution is 2.36. The monoisotopic (exact) mass is 367 g/mol. The van der Waals surface area contributed by atoms with Gasteiger partial charge in [-0.15, -0.1) is 0 Å². The number of ketones is 1. The minimum absolute atomic E-state index is 0.0245. The van der Waals surface area contributed by atoms with Crippen LogP contribution in [0.25, 0.3) is 5.76 Å². The second kappa shape index (κ2) is 7.53. The van der Waals surface area contributed by atoms with Gasteiger partial charge in [-0.2, -0.15) is 0 Å². The highest BCUT2D eigenvalue weighted by Gasteiger charge is 2.39.